The van der Waals surface area contributed by atoms with Gasteiger partial charge >= 0.3 is 0 Å². The Balaban J connectivity index is 3.58. The summed E-state index contributed by atoms with van der Waals surface area (Å²) in [6.45, 7) is 1.46. The molecule has 0 aliphatic rings. The molecule has 0 atom stereocenters. The molecule has 8 heteroatoms. The van der Waals surface area contributed by atoms with E-state index in [0.29, 0.717) is 0 Å². The molecule has 0 spiro atoms. The van der Waals surface area contributed by atoms with E-state index < -0.39 is 19.8 Å². The lowest BCUT2D eigenvalue weighted by Gasteiger charge is -2.03. The summed E-state index contributed by atoms with van der Waals surface area (Å²) in [7, 11) is -4.04. The second-order valence-electron chi connectivity index (χ2n) is 2.87. The Morgan fingerprint density at radius 2 is 2.00 bits per heavy atom. The van der Waals surface area contributed by atoms with Crippen LogP contribution in [0.3, 0.4) is 0 Å². The number of primary sulfonamides is 1. The molecule has 0 aliphatic carbocycles. The zero-order valence-electron chi connectivity index (χ0n) is 7.60. The molecule has 1 aromatic rings. The molecular weight excluding hydrogens is 244 g/mol. The summed E-state index contributed by atoms with van der Waals surface area (Å²) in [4.78, 5) is 9.40. The number of sulfonamides is 1. The second kappa shape index (κ2) is 3.76. The summed E-state index contributed by atoms with van der Waals surface area (Å²) in [6, 6.07) is 2.05. The van der Waals surface area contributed by atoms with E-state index in [-0.39, 0.29) is 16.3 Å². The van der Waals surface area contributed by atoms with Crippen molar-refractivity contribution in [2.75, 3.05) is 0 Å². The Kier molecular flexibility index (Phi) is 2.98. The van der Waals surface area contributed by atoms with E-state index in [2.05, 4.69) is 0 Å². The van der Waals surface area contributed by atoms with Crippen LogP contribution in [0.15, 0.2) is 17.0 Å². The van der Waals surface area contributed by atoms with Crippen LogP contribution in [0.1, 0.15) is 5.56 Å². The van der Waals surface area contributed by atoms with Crippen molar-refractivity contribution < 1.29 is 13.3 Å². The third kappa shape index (κ3) is 2.44. The van der Waals surface area contributed by atoms with E-state index in [1.54, 1.807) is 0 Å². The molecule has 0 fully saturated rings. The van der Waals surface area contributed by atoms with Crippen molar-refractivity contribution in [3.05, 3.63) is 32.8 Å². The van der Waals surface area contributed by atoms with E-state index in [9.17, 15) is 18.5 Å². The number of halogens is 1. The molecule has 1 rings (SSSR count). The number of rotatable bonds is 2. The molecule has 0 bridgehead atoms. The first-order valence-corrected chi connectivity index (χ1v) is 5.63. The number of hydrogen-bond donors (Lipinski definition) is 1. The molecule has 15 heavy (non-hydrogen) atoms. The van der Waals surface area contributed by atoms with Gasteiger partial charge in [0.05, 0.1) is 9.95 Å². The number of nitrogens with zero attached hydrogens (tertiary/aromatic N) is 1. The zero-order valence-corrected chi connectivity index (χ0v) is 9.17. The highest BCUT2D eigenvalue weighted by molar-refractivity contribution is 7.89. The first-order valence-electron chi connectivity index (χ1n) is 3.71. The van der Waals surface area contributed by atoms with Gasteiger partial charge in [0.15, 0.2) is 0 Å². The Bertz CT molecular complexity index is 526. The van der Waals surface area contributed by atoms with Gasteiger partial charge in [-0.1, -0.05) is 11.6 Å². The first kappa shape index (κ1) is 11.9. The number of nitro benzene ring substituents is 1. The van der Waals surface area contributed by atoms with Crippen LogP contribution in [0.2, 0.25) is 5.02 Å². The van der Waals surface area contributed by atoms with Crippen LogP contribution in [0.5, 0.6) is 0 Å². The molecule has 0 aliphatic heterocycles. The number of nitrogens with two attached hydrogens (primary N) is 1. The summed E-state index contributed by atoms with van der Waals surface area (Å²) in [6.07, 6.45) is 0. The smallest absolute Gasteiger partial charge is 0.258 e. The standard InChI is InChI=1S/C7H7ClN2O4S/c1-4-2-5(8)7(15(9,13)14)3-6(4)10(11)12/h2-3H,1H3,(H2,9,13,14). The summed E-state index contributed by atoms with van der Waals surface area (Å²) < 4.78 is 22.0. The number of nitro groups is 1. The van der Waals surface area contributed by atoms with Gasteiger partial charge in [0.2, 0.25) is 10.0 Å². The van der Waals surface area contributed by atoms with Crippen LogP contribution in [0, 0.1) is 17.0 Å². The maximum atomic E-state index is 11.0. The fourth-order valence-corrected chi connectivity index (χ4v) is 2.20. The van der Waals surface area contributed by atoms with Gasteiger partial charge in [-0.25, -0.2) is 13.6 Å². The lowest BCUT2D eigenvalue weighted by molar-refractivity contribution is -0.385. The van der Waals surface area contributed by atoms with Gasteiger partial charge in [-0.15, -0.1) is 0 Å². The molecule has 1 aromatic carbocycles. The van der Waals surface area contributed by atoms with Gasteiger partial charge in [0.1, 0.15) is 4.90 Å². The Hall–Kier alpha value is -1.18. The minimum Gasteiger partial charge on any atom is -0.258 e. The van der Waals surface area contributed by atoms with Gasteiger partial charge in [0, 0.05) is 11.6 Å². The van der Waals surface area contributed by atoms with E-state index in [1.165, 1.54) is 13.0 Å². The van der Waals surface area contributed by atoms with Crippen LogP contribution in [0.4, 0.5) is 5.69 Å². The van der Waals surface area contributed by atoms with Crippen molar-refractivity contribution in [1.29, 1.82) is 0 Å². The zero-order chi connectivity index (χ0) is 11.8. The van der Waals surface area contributed by atoms with Crippen LogP contribution >= 0.6 is 11.6 Å². The van der Waals surface area contributed by atoms with Crippen molar-refractivity contribution in [3.8, 4) is 0 Å². The SMILES string of the molecule is Cc1cc(Cl)c(S(N)(=O)=O)cc1[N+](=O)[O-]. The fourth-order valence-electron chi connectivity index (χ4n) is 1.06. The third-order valence-electron chi connectivity index (χ3n) is 1.75. The predicted molar refractivity (Wildman–Crippen MR) is 54.2 cm³/mol. The Morgan fingerprint density at radius 1 is 1.47 bits per heavy atom. The Morgan fingerprint density at radius 3 is 2.40 bits per heavy atom. The molecule has 0 amide bonds. The summed E-state index contributed by atoms with van der Waals surface area (Å²) in [5.74, 6) is 0. The number of aryl methyl sites for hydroxylation is 1. The highest BCUT2D eigenvalue weighted by Gasteiger charge is 2.20. The van der Waals surface area contributed by atoms with Crippen LogP contribution in [0.25, 0.3) is 0 Å². The molecule has 0 radical (unpaired) electrons. The molecule has 0 unspecified atom stereocenters. The number of hydrogen-bond acceptors (Lipinski definition) is 4. The van der Waals surface area contributed by atoms with Gasteiger partial charge < -0.3 is 0 Å². The van der Waals surface area contributed by atoms with Crippen LogP contribution in [-0.2, 0) is 10.0 Å². The normalized spacial score (nSPS) is 11.4. The maximum Gasteiger partial charge on any atom is 0.273 e. The summed E-state index contributed by atoms with van der Waals surface area (Å²) in [5.41, 5.74) is -0.0548. The fraction of sp³-hybridized carbons (Fsp3) is 0.143. The van der Waals surface area contributed by atoms with Gasteiger partial charge in [0.25, 0.3) is 5.69 Å². The van der Waals surface area contributed by atoms with E-state index in [0.717, 1.165) is 6.07 Å². The van der Waals surface area contributed by atoms with Crippen LogP contribution < -0.4 is 5.14 Å². The van der Waals surface area contributed by atoms with Crippen molar-refractivity contribution >= 4 is 27.3 Å². The topological polar surface area (TPSA) is 103 Å². The highest BCUT2D eigenvalue weighted by atomic mass is 35.5. The van der Waals surface area contributed by atoms with Crippen molar-refractivity contribution in [1.82, 2.24) is 0 Å². The van der Waals surface area contributed by atoms with Crippen molar-refractivity contribution in [3.63, 3.8) is 0 Å². The largest absolute Gasteiger partial charge is 0.273 e. The summed E-state index contributed by atoms with van der Waals surface area (Å²) in [5, 5.41) is 15.3. The summed E-state index contributed by atoms with van der Waals surface area (Å²) >= 11 is 5.61. The molecule has 82 valence electrons. The van der Waals surface area contributed by atoms with E-state index in [1.807, 2.05) is 0 Å². The lowest BCUT2D eigenvalue weighted by atomic mass is 10.2. The van der Waals surface area contributed by atoms with Gasteiger partial charge in [-0.05, 0) is 13.0 Å². The van der Waals surface area contributed by atoms with E-state index >= 15 is 0 Å². The molecule has 0 heterocycles. The molecule has 0 saturated carbocycles. The lowest BCUT2D eigenvalue weighted by Crippen LogP contribution is -2.13. The maximum absolute atomic E-state index is 11.0. The average Bonchev–Trinajstić information content (AvgIpc) is 2.00. The molecular formula is C7H7ClN2O4S. The number of benzene rings is 1. The van der Waals surface area contributed by atoms with Gasteiger partial charge in [-0.2, -0.15) is 0 Å². The van der Waals surface area contributed by atoms with Crippen molar-refractivity contribution in [2.24, 2.45) is 5.14 Å². The highest BCUT2D eigenvalue weighted by Crippen LogP contribution is 2.28. The molecule has 0 aromatic heterocycles. The first-order chi connectivity index (χ1) is 6.73. The molecule has 6 nitrogen and oxygen atoms in total. The molecule has 2 N–H and O–H groups in total. The third-order valence-corrected chi connectivity index (χ3v) is 3.13. The predicted octanol–water partition coefficient (Wildman–Crippen LogP) is 1.20. The minimum absolute atomic E-state index is 0.124. The quantitative estimate of drug-likeness (QED) is 0.629. The monoisotopic (exact) mass is 250 g/mol. The Labute approximate surface area is 90.9 Å². The van der Waals surface area contributed by atoms with Gasteiger partial charge in [-0.3, -0.25) is 10.1 Å². The van der Waals surface area contributed by atoms with Crippen molar-refractivity contribution in [2.45, 2.75) is 11.8 Å². The second-order valence-corrected chi connectivity index (χ2v) is 4.81. The molecule has 0 saturated heterocycles. The van der Waals surface area contributed by atoms with Crippen LogP contribution in [-0.4, -0.2) is 13.3 Å². The van der Waals surface area contributed by atoms with E-state index in [4.69, 9.17) is 16.7 Å². The minimum atomic E-state index is -4.04. The average molecular weight is 251 g/mol.